The lowest BCUT2D eigenvalue weighted by Crippen LogP contribution is -2.23. The van der Waals surface area contributed by atoms with E-state index < -0.39 is 0 Å². The molecule has 144 valence electrons. The summed E-state index contributed by atoms with van der Waals surface area (Å²) in [4.78, 5) is 10.6. The lowest BCUT2D eigenvalue weighted by molar-refractivity contribution is 0.263. The smallest absolute Gasteiger partial charge is 0.316 e. The average Bonchev–Trinajstić information content (AvgIpc) is 3.28. The van der Waals surface area contributed by atoms with Crippen LogP contribution in [0.4, 0.5) is 4.39 Å². The molecule has 1 aliphatic rings. The van der Waals surface area contributed by atoms with Gasteiger partial charge < -0.3 is 4.74 Å². The summed E-state index contributed by atoms with van der Waals surface area (Å²) in [7, 11) is 1.50. The first-order chi connectivity index (χ1) is 13.7. The van der Waals surface area contributed by atoms with Crippen LogP contribution in [-0.2, 0) is 0 Å². The minimum absolute atomic E-state index is 0.268. The Balaban J connectivity index is 1.55. The highest BCUT2D eigenvalue weighted by atomic mass is 19.1. The number of nitrogens with zero attached hydrogens (tertiary/aromatic N) is 3. The highest BCUT2D eigenvalue weighted by Crippen LogP contribution is 2.30. The number of hydrogen-bond acceptors (Lipinski definition) is 4. The fourth-order valence-electron chi connectivity index (χ4n) is 3.78. The van der Waals surface area contributed by atoms with Crippen LogP contribution >= 0.6 is 0 Å². The van der Waals surface area contributed by atoms with Crippen molar-refractivity contribution in [3.05, 3.63) is 66.2 Å². The van der Waals surface area contributed by atoms with E-state index in [0.29, 0.717) is 17.2 Å². The normalized spacial score (nSPS) is 15.5. The van der Waals surface area contributed by atoms with Crippen LogP contribution in [0.2, 0.25) is 0 Å². The van der Waals surface area contributed by atoms with Crippen molar-refractivity contribution < 1.29 is 9.13 Å². The number of hydrogen-bond donors (Lipinski definition) is 0. The van der Waals surface area contributed by atoms with E-state index in [-0.39, 0.29) is 11.8 Å². The Labute approximate surface area is 165 Å². The van der Waals surface area contributed by atoms with E-state index in [1.165, 1.54) is 38.6 Å². The molecule has 0 N–H and O–H groups in total. The molecule has 4 nitrogen and oxygen atoms in total. The van der Waals surface area contributed by atoms with E-state index in [1.807, 2.05) is 6.07 Å². The molecule has 28 heavy (non-hydrogen) atoms. The molecule has 0 aliphatic carbocycles. The fourth-order valence-corrected chi connectivity index (χ4v) is 3.78. The van der Waals surface area contributed by atoms with Crippen molar-refractivity contribution in [1.82, 2.24) is 14.9 Å². The number of halogens is 1. The topological polar surface area (TPSA) is 38.2 Å². The van der Waals surface area contributed by atoms with Crippen LogP contribution in [0.15, 0.2) is 54.9 Å². The molecule has 0 radical (unpaired) electrons. The largest absolute Gasteiger partial charge is 0.467 e. The second-order valence-corrected chi connectivity index (χ2v) is 7.19. The van der Waals surface area contributed by atoms with E-state index in [0.717, 1.165) is 11.1 Å². The van der Waals surface area contributed by atoms with Crippen LogP contribution < -0.4 is 4.74 Å². The zero-order chi connectivity index (χ0) is 19.5. The summed E-state index contributed by atoms with van der Waals surface area (Å²) >= 11 is 0. The first-order valence-electron chi connectivity index (χ1n) is 9.66. The molecule has 0 bridgehead atoms. The van der Waals surface area contributed by atoms with Crippen LogP contribution in [0.25, 0.3) is 22.3 Å². The Morgan fingerprint density at radius 1 is 0.929 bits per heavy atom. The second kappa shape index (κ2) is 8.07. The Kier molecular flexibility index (Phi) is 5.35. The van der Waals surface area contributed by atoms with Crippen LogP contribution in [0.5, 0.6) is 6.01 Å². The average molecular weight is 377 g/mol. The van der Waals surface area contributed by atoms with Crippen LogP contribution in [0.3, 0.4) is 0 Å². The zero-order valence-corrected chi connectivity index (χ0v) is 16.2. The summed E-state index contributed by atoms with van der Waals surface area (Å²) in [6.45, 7) is 4.60. The Bertz CT molecular complexity index is 935. The maximum Gasteiger partial charge on any atom is 0.316 e. The third-order valence-corrected chi connectivity index (χ3v) is 5.51. The molecular weight excluding hydrogens is 353 g/mol. The number of methoxy groups -OCH3 is 1. The number of ether oxygens (including phenoxy) is 1. The first-order valence-corrected chi connectivity index (χ1v) is 9.66. The van der Waals surface area contributed by atoms with Gasteiger partial charge in [-0.05, 0) is 55.6 Å². The molecule has 1 saturated heterocycles. The highest BCUT2D eigenvalue weighted by Gasteiger charge is 2.19. The molecule has 1 fully saturated rings. The maximum absolute atomic E-state index is 14.7. The summed E-state index contributed by atoms with van der Waals surface area (Å²) in [6.07, 6.45) is 5.71. The minimum atomic E-state index is -0.291. The molecule has 0 amide bonds. The molecule has 1 unspecified atom stereocenters. The highest BCUT2D eigenvalue weighted by molar-refractivity contribution is 5.70. The quantitative estimate of drug-likeness (QED) is 0.619. The van der Waals surface area contributed by atoms with Gasteiger partial charge in [0.1, 0.15) is 5.82 Å². The first kappa shape index (κ1) is 18.6. The summed E-state index contributed by atoms with van der Waals surface area (Å²) in [5, 5.41) is 0. The molecule has 2 aromatic carbocycles. The molecule has 0 saturated carbocycles. The van der Waals surface area contributed by atoms with Crippen molar-refractivity contribution in [2.24, 2.45) is 0 Å². The van der Waals surface area contributed by atoms with E-state index in [9.17, 15) is 4.39 Å². The van der Waals surface area contributed by atoms with Crippen molar-refractivity contribution in [2.75, 3.05) is 20.2 Å². The second-order valence-electron chi connectivity index (χ2n) is 7.19. The Morgan fingerprint density at radius 3 is 2.18 bits per heavy atom. The van der Waals surface area contributed by atoms with Gasteiger partial charge >= 0.3 is 6.01 Å². The van der Waals surface area contributed by atoms with E-state index >= 15 is 0 Å². The third-order valence-electron chi connectivity index (χ3n) is 5.51. The SMILES string of the molecule is COc1ncc(-c2ccc(-c3ccc(C(C)N4CCCC4)cc3)cc2F)cn1. The van der Waals surface area contributed by atoms with E-state index in [4.69, 9.17) is 4.74 Å². The Hall–Kier alpha value is -2.79. The van der Waals surface area contributed by atoms with Gasteiger partial charge in [0.05, 0.1) is 7.11 Å². The molecular formula is C23H24FN3O. The predicted molar refractivity (Wildman–Crippen MR) is 109 cm³/mol. The number of aromatic nitrogens is 2. The third kappa shape index (κ3) is 3.76. The summed E-state index contributed by atoms with van der Waals surface area (Å²) in [6, 6.07) is 14.4. The monoisotopic (exact) mass is 377 g/mol. The summed E-state index contributed by atoms with van der Waals surface area (Å²) in [5.74, 6) is -0.291. The van der Waals surface area contributed by atoms with Gasteiger partial charge in [-0.25, -0.2) is 14.4 Å². The van der Waals surface area contributed by atoms with Crippen LogP contribution in [0, 0.1) is 5.82 Å². The number of rotatable bonds is 5. The van der Waals surface area contributed by atoms with Crippen LogP contribution in [0.1, 0.15) is 31.4 Å². The molecule has 1 aliphatic heterocycles. The van der Waals surface area contributed by atoms with Gasteiger partial charge in [0.15, 0.2) is 0 Å². The molecule has 5 heteroatoms. The van der Waals surface area contributed by atoms with Crippen molar-refractivity contribution in [3.63, 3.8) is 0 Å². The van der Waals surface area contributed by atoms with Gasteiger partial charge in [0.25, 0.3) is 0 Å². The standard InChI is InChI=1S/C23H24FN3O/c1-16(27-11-3-4-12-27)17-5-7-18(8-6-17)19-9-10-21(22(24)13-19)20-14-25-23(28-2)26-15-20/h5-10,13-16H,3-4,11-12H2,1-2H3. The van der Waals surface area contributed by atoms with E-state index in [1.54, 1.807) is 24.5 Å². The predicted octanol–water partition coefficient (Wildman–Crippen LogP) is 5.12. The van der Waals surface area contributed by atoms with Gasteiger partial charge in [-0.1, -0.05) is 36.4 Å². The molecule has 1 aromatic heterocycles. The van der Waals surface area contributed by atoms with Crippen molar-refractivity contribution in [1.29, 1.82) is 0 Å². The molecule has 3 aromatic rings. The van der Waals surface area contributed by atoms with Crippen molar-refractivity contribution in [3.8, 4) is 28.3 Å². The van der Waals surface area contributed by atoms with Crippen molar-refractivity contribution in [2.45, 2.75) is 25.8 Å². The van der Waals surface area contributed by atoms with Crippen molar-refractivity contribution >= 4 is 0 Å². The Morgan fingerprint density at radius 2 is 1.57 bits per heavy atom. The number of benzene rings is 2. The number of likely N-dealkylation sites (tertiary alicyclic amines) is 1. The van der Waals surface area contributed by atoms with Crippen LogP contribution in [-0.4, -0.2) is 35.1 Å². The minimum Gasteiger partial charge on any atom is -0.467 e. The van der Waals surface area contributed by atoms with Gasteiger partial charge in [0.2, 0.25) is 0 Å². The lowest BCUT2D eigenvalue weighted by atomic mass is 9.98. The molecule has 2 heterocycles. The molecule has 4 rings (SSSR count). The maximum atomic E-state index is 14.7. The molecule has 0 spiro atoms. The van der Waals surface area contributed by atoms with E-state index in [2.05, 4.69) is 46.1 Å². The van der Waals surface area contributed by atoms with Gasteiger partial charge in [-0.3, -0.25) is 4.90 Å². The lowest BCUT2D eigenvalue weighted by Gasteiger charge is -2.24. The summed E-state index contributed by atoms with van der Waals surface area (Å²) in [5.41, 5.74) is 4.27. The zero-order valence-electron chi connectivity index (χ0n) is 16.2. The summed E-state index contributed by atoms with van der Waals surface area (Å²) < 4.78 is 19.7. The van der Waals surface area contributed by atoms with Gasteiger partial charge in [-0.2, -0.15) is 0 Å². The van der Waals surface area contributed by atoms with Gasteiger partial charge in [-0.15, -0.1) is 0 Å². The molecule has 1 atom stereocenters. The fraction of sp³-hybridized carbons (Fsp3) is 0.304. The van der Waals surface area contributed by atoms with Gasteiger partial charge in [0, 0.05) is 29.6 Å².